The van der Waals surface area contributed by atoms with Crippen molar-refractivity contribution in [1.29, 1.82) is 0 Å². The molecule has 0 atom stereocenters. The fourth-order valence-corrected chi connectivity index (χ4v) is 2.71. The topological polar surface area (TPSA) is 68.0 Å². The molecule has 1 heterocycles. The molecule has 3 N–H and O–H groups in total. The lowest BCUT2D eigenvalue weighted by Gasteiger charge is -1.97. The van der Waals surface area contributed by atoms with Crippen LogP contribution in [0.15, 0.2) is 0 Å². The Hall–Kier alpha value is -0.940. The number of carbonyl (C=O) groups excluding carboxylic acids is 1. The van der Waals surface area contributed by atoms with E-state index in [1.807, 2.05) is 0 Å². The average Bonchev–Trinajstić information content (AvgIpc) is 3.00. The van der Waals surface area contributed by atoms with Gasteiger partial charge in [0.05, 0.1) is 10.7 Å². The summed E-state index contributed by atoms with van der Waals surface area (Å²) in [4.78, 5) is 16.7. The monoisotopic (exact) mass is 225 g/mol. The summed E-state index contributed by atoms with van der Waals surface area (Å²) in [6.45, 7) is 2.08. The van der Waals surface area contributed by atoms with Crippen LogP contribution in [-0.2, 0) is 6.42 Å². The van der Waals surface area contributed by atoms with Crippen molar-refractivity contribution < 1.29 is 4.79 Å². The van der Waals surface area contributed by atoms with Gasteiger partial charge in [0.15, 0.2) is 0 Å². The van der Waals surface area contributed by atoms with Crippen LogP contribution in [0.3, 0.4) is 0 Å². The SMILES string of the molecule is CCCc1nc(C2CC2)sc1C(=O)NN. The summed E-state index contributed by atoms with van der Waals surface area (Å²) in [5.74, 6) is 5.55. The maximum absolute atomic E-state index is 11.5. The van der Waals surface area contributed by atoms with Gasteiger partial charge in [-0.2, -0.15) is 0 Å². The second-order valence-electron chi connectivity index (χ2n) is 3.83. The first-order valence-corrected chi connectivity index (χ1v) is 6.08. The first-order chi connectivity index (χ1) is 7.26. The van der Waals surface area contributed by atoms with E-state index in [1.54, 1.807) is 0 Å². The molecule has 0 bridgehead atoms. The Bertz CT molecular complexity index is 371. The van der Waals surface area contributed by atoms with Crippen molar-refractivity contribution >= 4 is 17.2 Å². The predicted octanol–water partition coefficient (Wildman–Crippen LogP) is 1.58. The van der Waals surface area contributed by atoms with E-state index >= 15 is 0 Å². The highest BCUT2D eigenvalue weighted by Crippen LogP contribution is 2.42. The number of aryl methyl sites for hydroxylation is 1. The van der Waals surface area contributed by atoms with Crippen molar-refractivity contribution in [2.45, 2.75) is 38.5 Å². The number of nitrogens with zero attached hydrogens (tertiary/aromatic N) is 1. The number of rotatable bonds is 4. The Morgan fingerprint density at radius 3 is 2.93 bits per heavy atom. The molecule has 1 aromatic heterocycles. The number of thiazole rings is 1. The minimum atomic E-state index is -0.206. The largest absolute Gasteiger partial charge is 0.289 e. The molecule has 1 aliphatic carbocycles. The molecule has 1 amide bonds. The molecule has 0 unspecified atom stereocenters. The number of amides is 1. The van der Waals surface area contributed by atoms with Gasteiger partial charge in [0.2, 0.25) is 0 Å². The van der Waals surface area contributed by atoms with Gasteiger partial charge in [-0.05, 0) is 19.3 Å². The number of nitrogens with one attached hydrogen (secondary N) is 1. The van der Waals surface area contributed by atoms with E-state index in [2.05, 4.69) is 17.3 Å². The number of nitrogen functional groups attached to an aromatic ring is 1. The Morgan fingerprint density at radius 1 is 1.67 bits per heavy atom. The van der Waals surface area contributed by atoms with Crippen molar-refractivity contribution in [3.63, 3.8) is 0 Å². The third-order valence-electron chi connectivity index (χ3n) is 2.46. The fraction of sp³-hybridized carbons (Fsp3) is 0.600. The van der Waals surface area contributed by atoms with Crippen LogP contribution in [0, 0.1) is 0 Å². The smallest absolute Gasteiger partial charge is 0.277 e. The zero-order valence-corrected chi connectivity index (χ0v) is 9.56. The van der Waals surface area contributed by atoms with Crippen molar-refractivity contribution in [3.8, 4) is 0 Å². The van der Waals surface area contributed by atoms with Crippen molar-refractivity contribution in [2.24, 2.45) is 5.84 Å². The van der Waals surface area contributed by atoms with Gasteiger partial charge in [-0.25, -0.2) is 10.8 Å². The molecule has 0 aromatic carbocycles. The molecule has 1 aromatic rings. The van der Waals surface area contributed by atoms with E-state index in [0.29, 0.717) is 10.8 Å². The molecular weight excluding hydrogens is 210 g/mol. The number of hydrazine groups is 1. The van der Waals surface area contributed by atoms with Gasteiger partial charge in [0.1, 0.15) is 4.88 Å². The minimum absolute atomic E-state index is 0.206. The van der Waals surface area contributed by atoms with E-state index in [0.717, 1.165) is 23.5 Å². The molecule has 0 aliphatic heterocycles. The molecular formula is C10H15N3OS. The Morgan fingerprint density at radius 2 is 2.40 bits per heavy atom. The van der Waals surface area contributed by atoms with Gasteiger partial charge in [-0.15, -0.1) is 11.3 Å². The standard InChI is InChI=1S/C10H15N3OS/c1-2-3-7-8(9(14)13-11)15-10(12-7)6-4-5-6/h6H,2-5,11H2,1H3,(H,13,14). The molecule has 15 heavy (non-hydrogen) atoms. The Kier molecular flexibility index (Phi) is 3.02. The van der Waals surface area contributed by atoms with Gasteiger partial charge in [-0.1, -0.05) is 13.3 Å². The number of carbonyl (C=O) groups is 1. The van der Waals surface area contributed by atoms with Gasteiger partial charge in [-0.3, -0.25) is 10.2 Å². The highest BCUT2D eigenvalue weighted by molar-refractivity contribution is 7.14. The highest BCUT2D eigenvalue weighted by atomic mass is 32.1. The van der Waals surface area contributed by atoms with Crippen LogP contribution in [0.5, 0.6) is 0 Å². The Balaban J connectivity index is 2.27. The molecule has 0 saturated heterocycles. The lowest BCUT2D eigenvalue weighted by Crippen LogP contribution is -2.30. The molecule has 1 fully saturated rings. The van der Waals surface area contributed by atoms with E-state index in [4.69, 9.17) is 5.84 Å². The molecule has 1 aliphatic rings. The molecule has 82 valence electrons. The third-order valence-corrected chi connectivity index (χ3v) is 3.72. The molecule has 0 radical (unpaired) electrons. The molecule has 0 spiro atoms. The zero-order valence-electron chi connectivity index (χ0n) is 8.75. The third kappa shape index (κ3) is 2.18. The summed E-state index contributed by atoms with van der Waals surface area (Å²) in [5, 5.41) is 1.11. The fourth-order valence-electron chi connectivity index (χ4n) is 1.52. The second-order valence-corrected chi connectivity index (χ2v) is 4.86. The summed E-state index contributed by atoms with van der Waals surface area (Å²) < 4.78 is 0. The van der Waals surface area contributed by atoms with Gasteiger partial charge >= 0.3 is 0 Å². The maximum atomic E-state index is 11.5. The highest BCUT2D eigenvalue weighted by Gasteiger charge is 2.29. The van der Waals surface area contributed by atoms with Crippen LogP contribution in [0.1, 0.15) is 52.5 Å². The van der Waals surface area contributed by atoms with Crippen molar-refractivity contribution in [3.05, 3.63) is 15.6 Å². The second kappa shape index (κ2) is 4.28. The molecule has 2 rings (SSSR count). The van der Waals surface area contributed by atoms with Gasteiger partial charge < -0.3 is 0 Å². The Labute approximate surface area is 92.9 Å². The van der Waals surface area contributed by atoms with Crippen LogP contribution in [0.4, 0.5) is 0 Å². The number of hydrogen-bond acceptors (Lipinski definition) is 4. The summed E-state index contributed by atoms with van der Waals surface area (Å²) in [5.41, 5.74) is 3.09. The number of hydrogen-bond donors (Lipinski definition) is 2. The van der Waals surface area contributed by atoms with Crippen LogP contribution in [0.2, 0.25) is 0 Å². The van der Waals surface area contributed by atoms with Gasteiger partial charge in [0.25, 0.3) is 5.91 Å². The van der Waals surface area contributed by atoms with Crippen LogP contribution in [-0.4, -0.2) is 10.9 Å². The number of nitrogens with two attached hydrogens (primary N) is 1. The lowest BCUT2D eigenvalue weighted by atomic mass is 10.2. The van der Waals surface area contributed by atoms with Crippen molar-refractivity contribution in [2.75, 3.05) is 0 Å². The summed E-state index contributed by atoms with van der Waals surface area (Å²) >= 11 is 1.50. The average molecular weight is 225 g/mol. The quantitative estimate of drug-likeness (QED) is 0.464. The first kappa shape index (κ1) is 10.6. The molecule has 1 saturated carbocycles. The van der Waals surface area contributed by atoms with E-state index < -0.39 is 0 Å². The summed E-state index contributed by atoms with van der Waals surface area (Å²) in [6, 6.07) is 0. The van der Waals surface area contributed by atoms with Crippen LogP contribution in [0.25, 0.3) is 0 Å². The molecule has 4 nitrogen and oxygen atoms in total. The van der Waals surface area contributed by atoms with Crippen LogP contribution >= 0.6 is 11.3 Å². The first-order valence-electron chi connectivity index (χ1n) is 5.26. The summed E-state index contributed by atoms with van der Waals surface area (Å²) in [7, 11) is 0. The van der Waals surface area contributed by atoms with Gasteiger partial charge in [0, 0.05) is 5.92 Å². The van der Waals surface area contributed by atoms with E-state index in [-0.39, 0.29) is 5.91 Å². The minimum Gasteiger partial charge on any atom is -0.289 e. The summed E-state index contributed by atoms with van der Waals surface area (Å²) in [6.07, 6.45) is 4.27. The zero-order chi connectivity index (χ0) is 10.8. The van der Waals surface area contributed by atoms with E-state index in [9.17, 15) is 4.79 Å². The number of aromatic nitrogens is 1. The maximum Gasteiger partial charge on any atom is 0.277 e. The normalized spacial score (nSPS) is 15.3. The predicted molar refractivity (Wildman–Crippen MR) is 59.7 cm³/mol. The van der Waals surface area contributed by atoms with Crippen LogP contribution < -0.4 is 11.3 Å². The van der Waals surface area contributed by atoms with Crippen molar-refractivity contribution in [1.82, 2.24) is 10.4 Å². The molecule has 5 heteroatoms. The lowest BCUT2D eigenvalue weighted by molar-refractivity contribution is 0.0956. The van der Waals surface area contributed by atoms with E-state index in [1.165, 1.54) is 24.2 Å².